The van der Waals surface area contributed by atoms with Crippen molar-refractivity contribution >= 4 is 43.9 Å². The first kappa shape index (κ1) is 12.5. The molecule has 5 aromatic rings. The average Bonchev–Trinajstić information content (AvgIpc) is 3.23. The molecule has 0 aliphatic carbocycles. The van der Waals surface area contributed by atoms with Crippen molar-refractivity contribution in [2.45, 2.75) is 0 Å². The summed E-state index contributed by atoms with van der Waals surface area (Å²) >= 11 is 0. The third-order valence-corrected chi connectivity index (χ3v) is 4.10. The number of hydrogen-bond donors (Lipinski definition) is 0. The molecule has 0 aliphatic rings. The summed E-state index contributed by atoms with van der Waals surface area (Å²) in [7, 11) is 3.17. The molecule has 0 saturated carbocycles. The van der Waals surface area contributed by atoms with Crippen LogP contribution in [0.1, 0.15) is 0 Å². The second-order valence-electron chi connectivity index (χ2n) is 5.41. The molecule has 5 heteroatoms. The van der Waals surface area contributed by atoms with Crippen molar-refractivity contribution in [3.63, 3.8) is 0 Å². The SMILES string of the molecule is COc1cc2cc3c(cc2o1)oc1cc2oc(OC)cc2cc13. The van der Waals surface area contributed by atoms with Gasteiger partial charge in [-0.1, -0.05) is 0 Å². The zero-order valence-electron chi connectivity index (χ0n) is 12.5. The second kappa shape index (κ2) is 4.23. The molecular weight excluding hydrogens is 296 g/mol. The van der Waals surface area contributed by atoms with E-state index in [2.05, 4.69) is 0 Å². The lowest BCUT2D eigenvalue weighted by Gasteiger charge is -1.90. The fraction of sp³-hybridized carbons (Fsp3) is 0.111. The number of furan rings is 3. The third kappa shape index (κ3) is 1.67. The maximum absolute atomic E-state index is 5.95. The number of ether oxygens (including phenoxy) is 2. The lowest BCUT2D eigenvalue weighted by atomic mass is 10.1. The van der Waals surface area contributed by atoms with Gasteiger partial charge in [0.2, 0.25) is 0 Å². The van der Waals surface area contributed by atoms with Gasteiger partial charge in [0.1, 0.15) is 22.3 Å². The van der Waals surface area contributed by atoms with Crippen LogP contribution in [-0.4, -0.2) is 14.2 Å². The van der Waals surface area contributed by atoms with Crippen LogP contribution in [0.4, 0.5) is 0 Å². The highest BCUT2D eigenvalue weighted by Crippen LogP contribution is 2.37. The van der Waals surface area contributed by atoms with E-state index >= 15 is 0 Å². The van der Waals surface area contributed by atoms with Crippen LogP contribution in [0, 0.1) is 0 Å². The van der Waals surface area contributed by atoms with Gasteiger partial charge in [-0.05, 0) is 12.1 Å². The maximum Gasteiger partial charge on any atom is 0.285 e. The van der Waals surface area contributed by atoms with E-state index in [1.165, 1.54) is 0 Å². The molecule has 0 aliphatic heterocycles. The van der Waals surface area contributed by atoms with E-state index in [-0.39, 0.29) is 0 Å². The van der Waals surface area contributed by atoms with Gasteiger partial charge >= 0.3 is 0 Å². The van der Waals surface area contributed by atoms with Crippen molar-refractivity contribution in [2.75, 3.05) is 14.2 Å². The molecule has 114 valence electrons. The number of methoxy groups -OCH3 is 2. The van der Waals surface area contributed by atoms with E-state index in [0.717, 1.165) is 43.9 Å². The van der Waals surface area contributed by atoms with Crippen molar-refractivity contribution in [1.82, 2.24) is 0 Å². The van der Waals surface area contributed by atoms with Gasteiger partial charge in [-0.15, -0.1) is 0 Å². The molecule has 0 saturated heterocycles. The summed E-state index contributed by atoms with van der Waals surface area (Å²) in [5.41, 5.74) is 3.01. The molecule has 0 radical (unpaired) electrons. The van der Waals surface area contributed by atoms with Crippen LogP contribution < -0.4 is 9.47 Å². The van der Waals surface area contributed by atoms with Gasteiger partial charge in [-0.2, -0.15) is 0 Å². The van der Waals surface area contributed by atoms with E-state index in [1.54, 1.807) is 14.2 Å². The maximum atomic E-state index is 5.95. The summed E-state index contributed by atoms with van der Waals surface area (Å²) in [5.74, 6) is 0.970. The largest absolute Gasteiger partial charge is 0.468 e. The van der Waals surface area contributed by atoms with Gasteiger partial charge < -0.3 is 22.7 Å². The first-order valence-electron chi connectivity index (χ1n) is 7.16. The molecule has 3 heterocycles. The van der Waals surface area contributed by atoms with Gasteiger partial charge in [0.05, 0.1) is 14.2 Å². The topological polar surface area (TPSA) is 57.9 Å². The Morgan fingerprint density at radius 1 is 0.565 bits per heavy atom. The summed E-state index contributed by atoms with van der Waals surface area (Å²) in [4.78, 5) is 0. The highest BCUT2D eigenvalue weighted by Gasteiger charge is 2.14. The van der Waals surface area contributed by atoms with E-state index in [9.17, 15) is 0 Å². The highest BCUT2D eigenvalue weighted by molar-refractivity contribution is 6.12. The zero-order valence-corrected chi connectivity index (χ0v) is 12.5. The first-order valence-corrected chi connectivity index (χ1v) is 7.16. The lowest BCUT2D eigenvalue weighted by molar-refractivity contribution is 0.315. The van der Waals surface area contributed by atoms with Gasteiger partial charge in [-0.25, -0.2) is 0 Å². The van der Waals surface area contributed by atoms with Gasteiger partial charge in [0, 0.05) is 45.8 Å². The standard InChI is InChI=1S/C18H12O5/c1-19-17-5-9-3-11-12-4-10-6-18(20-2)23-14(10)8-16(12)21-15(11)7-13(9)22-17/h3-8H,1-2H3. The van der Waals surface area contributed by atoms with Crippen LogP contribution in [-0.2, 0) is 0 Å². The molecule has 0 atom stereocenters. The third-order valence-electron chi connectivity index (χ3n) is 4.10. The zero-order chi connectivity index (χ0) is 15.6. The molecule has 0 unspecified atom stereocenters. The summed E-state index contributed by atoms with van der Waals surface area (Å²) in [5, 5.41) is 4.00. The Kier molecular flexibility index (Phi) is 2.29. The highest BCUT2D eigenvalue weighted by atomic mass is 16.6. The fourth-order valence-electron chi connectivity index (χ4n) is 3.00. The Balaban J connectivity index is 1.86. The lowest BCUT2D eigenvalue weighted by Crippen LogP contribution is -1.75. The van der Waals surface area contributed by atoms with Crippen LogP contribution in [0.5, 0.6) is 11.9 Å². The number of hydrogen-bond acceptors (Lipinski definition) is 5. The fourth-order valence-corrected chi connectivity index (χ4v) is 3.00. The number of benzene rings is 2. The van der Waals surface area contributed by atoms with Gasteiger partial charge in [-0.3, -0.25) is 0 Å². The molecule has 5 nitrogen and oxygen atoms in total. The molecule has 0 N–H and O–H groups in total. The predicted molar refractivity (Wildman–Crippen MR) is 86.4 cm³/mol. The molecule has 23 heavy (non-hydrogen) atoms. The van der Waals surface area contributed by atoms with E-state index in [0.29, 0.717) is 11.9 Å². The molecule has 0 spiro atoms. The Bertz CT molecular complexity index is 1100. The van der Waals surface area contributed by atoms with Crippen molar-refractivity contribution in [3.8, 4) is 11.9 Å². The second-order valence-corrected chi connectivity index (χ2v) is 5.41. The smallest absolute Gasteiger partial charge is 0.285 e. The molecule has 0 bridgehead atoms. The molecular formula is C18H12O5. The Morgan fingerprint density at radius 2 is 1.04 bits per heavy atom. The summed E-state index contributed by atoms with van der Waals surface area (Å²) in [6.07, 6.45) is 0. The number of fused-ring (bicyclic) bond motifs is 5. The van der Waals surface area contributed by atoms with E-state index in [4.69, 9.17) is 22.7 Å². The number of rotatable bonds is 2. The predicted octanol–water partition coefficient (Wildman–Crippen LogP) is 5.10. The van der Waals surface area contributed by atoms with Crippen molar-refractivity contribution < 1.29 is 22.7 Å². The van der Waals surface area contributed by atoms with E-state index < -0.39 is 0 Å². The van der Waals surface area contributed by atoms with Crippen LogP contribution >= 0.6 is 0 Å². The monoisotopic (exact) mass is 308 g/mol. The minimum absolute atomic E-state index is 0.485. The first-order chi connectivity index (χ1) is 11.2. The van der Waals surface area contributed by atoms with Crippen LogP contribution in [0.25, 0.3) is 43.9 Å². The molecule has 0 amide bonds. The normalized spacial score (nSPS) is 11.9. The average molecular weight is 308 g/mol. The Morgan fingerprint density at radius 3 is 1.48 bits per heavy atom. The minimum Gasteiger partial charge on any atom is -0.468 e. The Labute approximate surface area is 129 Å². The summed E-state index contributed by atoms with van der Waals surface area (Å²) in [6.45, 7) is 0. The van der Waals surface area contributed by atoms with Crippen molar-refractivity contribution in [2.24, 2.45) is 0 Å². The van der Waals surface area contributed by atoms with Gasteiger partial charge in [0.15, 0.2) is 0 Å². The summed E-state index contributed by atoms with van der Waals surface area (Å²) in [6, 6.07) is 11.6. The van der Waals surface area contributed by atoms with Crippen LogP contribution in [0.3, 0.4) is 0 Å². The van der Waals surface area contributed by atoms with Crippen molar-refractivity contribution in [3.05, 3.63) is 36.4 Å². The molecule has 2 aromatic carbocycles. The van der Waals surface area contributed by atoms with E-state index in [1.807, 2.05) is 36.4 Å². The molecule has 5 rings (SSSR count). The molecule has 0 fully saturated rings. The summed E-state index contributed by atoms with van der Waals surface area (Å²) < 4.78 is 27.4. The Hall–Kier alpha value is -3.08. The van der Waals surface area contributed by atoms with Crippen LogP contribution in [0.2, 0.25) is 0 Å². The van der Waals surface area contributed by atoms with Gasteiger partial charge in [0.25, 0.3) is 11.9 Å². The minimum atomic E-state index is 0.485. The quantitative estimate of drug-likeness (QED) is 0.454. The van der Waals surface area contributed by atoms with Crippen molar-refractivity contribution in [1.29, 1.82) is 0 Å². The van der Waals surface area contributed by atoms with Crippen LogP contribution in [0.15, 0.2) is 49.6 Å². The molecule has 3 aromatic heterocycles.